The van der Waals surface area contributed by atoms with E-state index in [4.69, 9.17) is 17.3 Å². The van der Waals surface area contributed by atoms with Crippen LogP contribution in [0.5, 0.6) is 0 Å². The molecule has 0 aliphatic rings. The summed E-state index contributed by atoms with van der Waals surface area (Å²) in [5.41, 5.74) is 7.97. The fraction of sp³-hybridized carbons (Fsp3) is 0.500. The van der Waals surface area contributed by atoms with Gasteiger partial charge in [0.2, 0.25) is 0 Å². The summed E-state index contributed by atoms with van der Waals surface area (Å²) in [7, 11) is 0. The van der Waals surface area contributed by atoms with Gasteiger partial charge in [-0.15, -0.1) is 11.3 Å². The fourth-order valence-corrected chi connectivity index (χ4v) is 2.36. The third-order valence-electron chi connectivity index (χ3n) is 1.70. The van der Waals surface area contributed by atoms with Crippen molar-refractivity contribution in [1.82, 2.24) is 0 Å². The molecule has 1 aromatic heterocycles. The van der Waals surface area contributed by atoms with Crippen LogP contribution in [0.2, 0.25) is 4.34 Å². The normalized spacial score (nSPS) is 11.0. The average Bonchev–Trinajstić information content (AvgIpc) is 2.30. The summed E-state index contributed by atoms with van der Waals surface area (Å²) in [6.45, 7) is 4.85. The SMILES string of the molecule is CC(C)c1csc(Cl)c1CN. The van der Waals surface area contributed by atoms with Crippen LogP contribution in [0.25, 0.3) is 0 Å². The van der Waals surface area contributed by atoms with Gasteiger partial charge in [0.05, 0.1) is 4.34 Å². The molecule has 1 nitrogen and oxygen atoms in total. The predicted octanol–water partition coefficient (Wildman–Crippen LogP) is 2.98. The Labute approximate surface area is 76.2 Å². The number of thiophene rings is 1. The maximum absolute atomic E-state index is 5.93. The average molecular weight is 190 g/mol. The third-order valence-corrected chi connectivity index (χ3v) is 3.02. The van der Waals surface area contributed by atoms with Gasteiger partial charge in [0.15, 0.2) is 0 Å². The van der Waals surface area contributed by atoms with E-state index in [1.54, 1.807) is 11.3 Å². The molecule has 0 atom stereocenters. The van der Waals surface area contributed by atoms with Crippen LogP contribution in [0.15, 0.2) is 5.38 Å². The lowest BCUT2D eigenvalue weighted by Crippen LogP contribution is -1.99. The van der Waals surface area contributed by atoms with Gasteiger partial charge in [0, 0.05) is 6.54 Å². The van der Waals surface area contributed by atoms with E-state index in [1.165, 1.54) is 5.56 Å². The first-order valence-electron chi connectivity index (χ1n) is 3.62. The molecular weight excluding hydrogens is 178 g/mol. The Kier molecular flexibility index (Phi) is 2.93. The van der Waals surface area contributed by atoms with Gasteiger partial charge >= 0.3 is 0 Å². The summed E-state index contributed by atoms with van der Waals surface area (Å²) in [4.78, 5) is 0. The van der Waals surface area contributed by atoms with E-state index < -0.39 is 0 Å². The first kappa shape index (κ1) is 9.04. The Morgan fingerprint density at radius 2 is 2.27 bits per heavy atom. The summed E-state index contributed by atoms with van der Waals surface area (Å²) in [5.74, 6) is 0.525. The molecule has 11 heavy (non-hydrogen) atoms. The largest absolute Gasteiger partial charge is 0.326 e. The van der Waals surface area contributed by atoms with Gasteiger partial charge in [-0.3, -0.25) is 0 Å². The van der Waals surface area contributed by atoms with Gasteiger partial charge < -0.3 is 5.73 Å². The van der Waals surface area contributed by atoms with Crippen molar-refractivity contribution < 1.29 is 0 Å². The first-order valence-corrected chi connectivity index (χ1v) is 4.88. The molecule has 0 radical (unpaired) electrons. The maximum Gasteiger partial charge on any atom is 0.0976 e. The molecule has 2 N–H and O–H groups in total. The van der Waals surface area contributed by atoms with Crippen molar-refractivity contribution in [1.29, 1.82) is 0 Å². The van der Waals surface area contributed by atoms with Gasteiger partial charge in [-0.2, -0.15) is 0 Å². The molecule has 0 amide bonds. The second-order valence-corrected chi connectivity index (χ2v) is 4.28. The van der Waals surface area contributed by atoms with E-state index in [0.29, 0.717) is 12.5 Å². The lowest BCUT2D eigenvalue weighted by molar-refractivity contribution is 0.847. The van der Waals surface area contributed by atoms with E-state index in [0.717, 1.165) is 9.90 Å². The molecule has 0 unspecified atom stereocenters. The quantitative estimate of drug-likeness (QED) is 0.761. The minimum absolute atomic E-state index is 0.525. The molecule has 0 fully saturated rings. The summed E-state index contributed by atoms with van der Waals surface area (Å²) in [6, 6.07) is 0. The van der Waals surface area contributed by atoms with E-state index in [-0.39, 0.29) is 0 Å². The van der Waals surface area contributed by atoms with Crippen LogP contribution in [-0.2, 0) is 6.54 Å². The van der Waals surface area contributed by atoms with Crippen LogP contribution >= 0.6 is 22.9 Å². The molecule has 0 aliphatic heterocycles. The Morgan fingerprint density at radius 3 is 2.64 bits per heavy atom. The fourth-order valence-electron chi connectivity index (χ4n) is 1.05. The lowest BCUT2D eigenvalue weighted by atomic mass is 10.0. The predicted molar refractivity (Wildman–Crippen MR) is 51.3 cm³/mol. The number of halogens is 1. The highest BCUT2D eigenvalue weighted by Gasteiger charge is 2.10. The highest BCUT2D eigenvalue weighted by Crippen LogP contribution is 2.31. The van der Waals surface area contributed by atoms with Crippen LogP contribution in [0.1, 0.15) is 30.9 Å². The minimum atomic E-state index is 0.525. The van der Waals surface area contributed by atoms with Crippen molar-refractivity contribution >= 4 is 22.9 Å². The van der Waals surface area contributed by atoms with Crippen molar-refractivity contribution in [3.05, 3.63) is 20.8 Å². The zero-order chi connectivity index (χ0) is 8.43. The smallest absolute Gasteiger partial charge is 0.0976 e. The van der Waals surface area contributed by atoms with Crippen molar-refractivity contribution in [2.75, 3.05) is 0 Å². The van der Waals surface area contributed by atoms with E-state index in [9.17, 15) is 0 Å². The molecule has 3 heteroatoms. The van der Waals surface area contributed by atoms with Gasteiger partial charge in [-0.1, -0.05) is 25.4 Å². The molecular formula is C8H12ClNS. The van der Waals surface area contributed by atoms with Crippen LogP contribution in [0.4, 0.5) is 0 Å². The Hall–Kier alpha value is -0.0500. The van der Waals surface area contributed by atoms with E-state index >= 15 is 0 Å². The van der Waals surface area contributed by atoms with E-state index in [2.05, 4.69) is 19.2 Å². The second-order valence-electron chi connectivity index (χ2n) is 2.80. The van der Waals surface area contributed by atoms with Gasteiger partial charge in [-0.05, 0) is 22.4 Å². The van der Waals surface area contributed by atoms with Crippen molar-refractivity contribution in [2.45, 2.75) is 26.3 Å². The van der Waals surface area contributed by atoms with Crippen LogP contribution in [0, 0.1) is 0 Å². The Bertz CT molecular complexity index is 242. The summed E-state index contributed by atoms with van der Waals surface area (Å²) in [6.07, 6.45) is 0. The number of nitrogens with two attached hydrogens (primary N) is 1. The van der Waals surface area contributed by atoms with Crippen molar-refractivity contribution in [3.8, 4) is 0 Å². The first-order chi connectivity index (χ1) is 5.16. The molecule has 1 heterocycles. The zero-order valence-electron chi connectivity index (χ0n) is 6.73. The third kappa shape index (κ3) is 1.75. The van der Waals surface area contributed by atoms with Gasteiger partial charge in [-0.25, -0.2) is 0 Å². The van der Waals surface area contributed by atoms with Gasteiger partial charge in [0.1, 0.15) is 0 Å². The number of hydrogen-bond donors (Lipinski definition) is 1. The van der Waals surface area contributed by atoms with E-state index in [1.807, 2.05) is 0 Å². The molecule has 0 saturated carbocycles. The molecule has 0 spiro atoms. The van der Waals surface area contributed by atoms with Crippen molar-refractivity contribution in [2.24, 2.45) is 5.73 Å². The Morgan fingerprint density at radius 1 is 1.64 bits per heavy atom. The maximum atomic E-state index is 5.93. The molecule has 62 valence electrons. The summed E-state index contributed by atoms with van der Waals surface area (Å²) >= 11 is 7.50. The minimum Gasteiger partial charge on any atom is -0.326 e. The molecule has 1 rings (SSSR count). The summed E-state index contributed by atoms with van der Waals surface area (Å²) < 4.78 is 0.844. The molecule has 0 saturated heterocycles. The highest BCUT2D eigenvalue weighted by molar-refractivity contribution is 7.14. The topological polar surface area (TPSA) is 26.0 Å². The zero-order valence-corrected chi connectivity index (χ0v) is 8.30. The van der Waals surface area contributed by atoms with Crippen molar-refractivity contribution in [3.63, 3.8) is 0 Å². The molecule has 1 aromatic rings. The van der Waals surface area contributed by atoms with Gasteiger partial charge in [0.25, 0.3) is 0 Å². The van der Waals surface area contributed by atoms with Crippen LogP contribution in [-0.4, -0.2) is 0 Å². The number of hydrogen-bond acceptors (Lipinski definition) is 2. The van der Waals surface area contributed by atoms with Crippen LogP contribution < -0.4 is 5.73 Å². The van der Waals surface area contributed by atoms with Crippen LogP contribution in [0.3, 0.4) is 0 Å². The standard InChI is InChI=1S/C8H12ClNS/c1-5(2)7-4-11-8(9)6(7)3-10/h4-5H,3,10H2,1-2H3. The Balaban J connectivity index is 3.05. The molecule has 0 bridgehead atoms. The highest BCUT2D eigenvalue weighted by atomic mass is 35.5. The lowest BCUT2D eigenvalue weighted by Gasteiger charge is -2.04. The molecule has 0 aromatic carbocycles. The monoisotopic (exact) mass is 189 g/mol. The second kappa shape index (κ2) is 3.57. The summed E-state index contributed by atoms with van der Waals surface area (Å²) in [5, 5.41) is 2.09. The number of rotatable bonds is 2. The molecule has 0 aliphatic carbocycles.